The summed E-state index contributed by atoms with van der Waals surface area (Å²) in [5.74, 6) is -0.707. The molecular formula is C23H24N2O3. The molecule has 0 radical (unpaired) electrons. The van der Waals surface area contributed by atoms with Crippen molar-refractivity contribution in [3.05, 3.63) is 77.4 Å². The summed E-state index contributed by atoms with van der Waals surface area (Å²) in [5, 5.41) is 11.6. The molecular weight excluding hydrogens is 352 g/mol. The minimum atomic E-state index is -0.883. The van der Waals surface area contributed by atoms with Crippen LogP contribution in [0.2, 0.25) is 0 Å². The molecule has 0 heterocycles. The van der Waals surface area contributed by atoms with Crippen LogP contribution in [0.4, 0.5) is 0 Å². The number of nitrogens with one attached hydrogen (secondary N) is 1. The molecule has 28 heavy (non-hydrogen) atoms. The van der Waals surface area contributed by atoms with E-state index in [1.165, 1.54) is 11.6 Å². The lowest BCUT2D eigenvalue weighted by molar-refractivity contribution is -0.150. The molecule has 0 unspecified atom stereocenters. The van der Waals surface area contributed by atoms with E-state index < -0.39 is 12.1 Å². The van der Waals surface area contributed by atoms with E-state index in [0.717, 1.165) is 12.0 Å². The second kappa shape index (κ2) is 10.7. The van der Waals surface area contributed by atoms with Crippen LogP contribution in [-0.2, 0) is 14.3 Å². The first-order valence-electron chi connectivity index (χ1n) is 9.25. The van der Waals surface area contributed by atoms with Gasteiger partial charge in [-0.1, -0.05) is 49.4 Å². The molecule has 0 aliphatic heterocycles. The first-order chi connectivity index (χ1) is 13.5. The van der Waals surface area contributed by atoms with Crippen molar-refractivity contribution in [1.82, 2.24) is 5.32 Å². The number of carbonyl (C=O) groups excluding carboxylic acids is 2. The Morgan fingerprint density at radius 3 is 2.43 bits per heavy atom. The second-order valence-electron chi connectivity index (χ2n) is 6.41. The van der Waals surface area contributed by atoms with E-state index >= 15 is 0 Å². The van der Waals surface area contributed by atoms with Gasteiger partial charge < -0.3 is 10.1 Å². The van der Waals surface area contributed by atoms with Crippen LogP contribution in [0, 0.1) is 11.3 Å². The molecule has 0 bridgehead atoms. The van der Waals surface area contributed by atoms with Crippen LogP contribution in [0.3, 0.4) is 0 Å². The fourth-order valence-corrected chi connectivity index (χ4v) is 2.69. The van der Waals surface area contributed by atoms with Crippen LogP contribution < -0.4 is 5.32 Å². The van der Waals surface area contributed by atoms with Crippen molar-refractivity contribution >= 4 is 18.0 Å². The van der Waals surface area contributed by atoms with Crippen molar-refractivity contribution in [3.8, 4) is 6.07 Å². The third-order valence-corrected chi connectivity index (χ3v) is 4.40. The molecule has 0 saturated heterocycles. The third-order valence-electron chi connectivity index (χ3n) is 4.40. The van der Waals surface area contributed by atoms with Gasteiger partial charge in [-0.15, -0.1) is 0 Å². The standard InChI is InChI=1S/C23H24N2O3/c1-3-20(21-7-5-4-6-8-21)16-25-23(27)17(2)28-22(26)14-13-18-9-11-19(15-24)12-10-18/h4-14,17,20H,3,16H2,1-2H3,(H,25,27)/b14-13+/t17-,20-/m1/s1. The van der Waals surface area contributed by atoms with Gasteiger partial charge in [-0.25, -0.2) is 4.79 Å². The van der Waals surface area contributed by atoms with Crippen LogP contribution in [0.1, 0.15) is 42.9 Å². The van der Waals surface area contributed by atoms with E-state index in [-0.39, 0.29) is 11.8 Å². The zero-order valence-electron chi connectivity index (χ0n) is 16.1. The van der Waals surface area contributed by atoms with Crippen LogP contribution in [-0.4, -0.2) is 24.5 Å². The molecule has 0 spiro atoms. The number of nitrogens with zero attached hydrogens (tertiary/aromatic N) is 1. The van der Waals surface area contributed by atoms with Crippen LogP contribution in [0.25, 0.3) is 6.08 Å². The van der Waals surface area contributed by atoms with Crippen molar-refractivity contribution in [2.45, 2.75) is 32.3 Å². The number of nitriles is 1. The molecule has 0 fully saturated rings. The van der Waals surface area contributed by atoms with Gasteiger partial charge in [0.25, 0.3) is 5.91 Å². The van der Waals surface area contributed by atoms with E-state index in [4.69, 9.17) is 10.00 Å². The van der Waals surface area contributed by atoms with Gasteiger partial charge in [-0.05, 0) is 42.7 Å². The van der Waals surface area contributed by atoms with E-state index in [2.05, 4.69) is 12.2 Å². The highest BCUT2D eigenvalue weighted by molar-refractivity contribution is 5.90. The summed E-state index contributed by atoms with van der Waals surface area (Å²) in [7, 11) is 0. The van der Waals surface area contributed by atoms with Crippen molar-refractivity contribution < 1.29 is 14.3 Å². The molecule has 0 aromatic heterocycles. The number of hydrogen-bond acceptors (Lipinski definition) is 4. The van der Waals surface area contributed by atoms with E-state index in [0.29, 0.717) is 12.1 Å². The summed E-state index contributed by atoms with van der Waals surface area (Å²) >= 11 is 0. The number of esters is 1. The predicted octanol–water partition coefficient (Wildman–Crippen LogP) is 3.81. The Hall–Kier alpha value is -3.39. The molecule has 2 rings (SSSR count). The number of benzene rings is 2. The zero-order valence-corrected chi connectivity index (χ0v) is 16.1. The quantitative estimate of drug-likeness (QED) is 0.561. The Bertz CT molecular complexity index is 852. The maximum atomic E-state index is 12.2. The second-order valence-corrected chi connectivity index (χ2v) is 6.41. The van der Waals surface area contributed by atoms with Gasteiger partial charge in [-0.2, -0.15) is 5.26 Å². The highest BCUT2D eigenvalue weighted by Crippen LogP contribution is 2.18. The molecule has 1 N–H and O–H groups in total. The lowest BCUT2D eigenvalue weighted by atomic mass is 9.96. The summed E-state index contributed by atoms with van der Waals surface area (Å²) in [6.45, 7) is 4.11. The number of ether oxygens (including phenoxy) is 1. The Morgan fingerprint density at radius 1 is 1.14 bits per heavy atom. The summed E-state index contributed by atoms with van der Waals surface area (Å²) < 4.78 is 5.16. The summed E-state index contributed by atoms with van der Waals surface area (Å²) in [5.41, 5.74) is 2.48. The van der Waals surface area contributed by atoms with Crippen LogP contribution in [0.15, 0.2) is 60.7 Å². The molecule has 5 heteroatoms. The third kappa shape index (κ3) is 6.40. The molecule has 0 aliphatic rings. The zero-order chi connectivity index (χ0) is 20.4. The maximum Gasteiger partial charge on any atom is 0.331 e. The Kier molecular flexibility index (Phi) is 7.98. The monoisotopic (exact) mass is 376 g/mol. The minimum Gasteiger partial charge on any atom is -0.449 e. The van der Waals surface area contributed by atoms with Crippen molar-refractivity contribution in [3.63, 3.8) is 0 Å². The molecule has 2 aromatic rings. The minimum absolute atomic E-state index is 0.212. The SMILES string of the molecule is CC[C@H](CNC(=O)[C@@H](C)OC(=O)/C=C/c1ccc(C#N)cc1)c1ccccc1. The van der Waals surface area contributed by atoms with Gasteiger partial charge >= 0.3 is 5.97 Å². The van der Waals surface area contributed by atoms with Crippen molar-refractivity contribution in [1.29, 1.82) is 5.26 Å². The van der Waals surface area contributed by atoms with Gasteiger partial charge in [0.2, 0.25) is 0 Å². The fourth-order valence-electron chi connectivity index (χ4n) is 2.69. The molecule has 0 saturated carbocycles. The molecule has 1 amide bonds. The van der Waals surface area contributed by atoms with Gasteiger partial charge in [0.1, 0.15) is 0 Å². The highest BCUT2D eigenvalue weighted by Gasteiger charge is 2.18. The molecule has 5 nitrogen and oxygen atoms in total. The molecule has 2 aromatic carbocycles. The van der Waals surface area contributed by atoms with Crippen molar-refractivity contribution in [2.24, 2.45) is 0 Å². The smallest absolute Gasteiger partial charge is 0.331 e. The molecule has 144 valence electrons. The number of amides is 1. The maximum absolute atomic E-state index is 12.2. The molecule has 0 aliphatic carbocycles. The van der Waals surface area contributed by atoms with E-state index in [9.17, 15) is 9.59 Å². The van der Waals surface area contributed by atoms with Gasteiger partial charge in [0, 0.05) is 18.5 Å². The average Bonchev–Trinajstić information content (AvgIpc) is 2.73. The average molecular weight is 376 g/mol. The van der Waals surface area contributed by atoms with Gasteiger partial charge in [0.05, 0.1) is 11.6 Å². The lowest BCUT2D eigenvalue weighted by Gasteiger charge is -2.18. The molecule has 2 atom stereocenters. The summed E-state index contributed by atoms with van der Waals surface area (Å²) in [4.78, 5) is 24.2. The first-order valence-corrected chi connectivity index (χ1v) is 9.25. The van der Waals surface area contributed by atoms with Gasteiger partial charge in [-0.3, -0.25) is 4.79 Å². The highest BCUT2D eigenvalue weighted by atomic mass is 16.5. The number of hydrogen-bond donors (Lipinski definition) is 1. The van der Waals surface area contributed by atoms with Gasteiger partial charge in [0.15, 0.2) is 6.10 Å². The van der Waals surface area contributed by atoms with Crippen molar-refractivity contribution in [2.75, 3.05) is 6.54 Å². The Morgan fingerprint density at radius 2 is 1.82 bits per heavy atom. The first kappa shape index (κ1) is 20.9. The Labute approximate surface area is 165 Å². The fraction of sp³-hybridized carbons (Fsp3) is 0.261. The topological polar surface area (TPSA) is 79.2 Å². The largest absolute Gasteiger partial charge is 0.449 e. The normalized spacial score (nSPS) is 12.8. The lowest BCUT2D eigenvalue weighted by Crippen LogP contribution is -2.37. The number of carbonyl (C=O) groups is 2. The predicted molar refractivity (Wildman–Crippen MR) is 108 cm³/mol. The Balaban J connectivity index is 1.82. The van der Waals surface area contributed by atoms with E-state index in [1.807, 2.05) is 36.4 Å². The van der Waals surface area contributed by atoms with Crippen LogP contribution >= 0.6 is 0 Å². The van der Waals surface area contributed by atoms with Crippen LogP contribution in [0.5, 0.6) is 0 Å². The summed E-state index contributed by atoms with van der Waals surface area (Å²) in [6, 6.07) is 18.8. The number of rotatable bonds is 8. The van der Waals surface area contributed by atoms with E-state index in [1.54, 1.807) is 37.3 Å². The summed E-state index contributed by atoms with van der Waals surface area (Å²) in [6.07, 6.45) is 2.86.